The van der Waals surface area contributed by atoms with Crippen molar-refractivity contribution in [2.45, 2.75) is 12.5 Å². The van der Waals surface area contributed by atoms with E-state index in [1.807, 2.05) is 36.4 Å². The number of rotatable bonds is 3. The molecule has 0 bridgehead atoms. The molecule has 118 valence electrons. The highest BCUT2D eigenvalue weighted by molar-refractivity contribution is 7.22. The van der Waals surface area contributed by atoms with E-state index < -0.39 is 0 Å². The van der Waals surface area contributed by atoms with E-state index in [0.717, 1.165) is 39.0 Å². The van der Waals surface area contributed by atoms with Gasteiger partial charge in [-0.1, -0.05) is 29.0 Å². The van der Waals surface area contributed by atoms with Crippen LogP contribution in [0, 0.1) is 5.92 Å². The molecule has 0 radical (unpaired) electrons. The monoisotopic (exact) mass is 345 g/mol. The predicted molar refractivity (Wildman–Crippen MR) is 94.3 cm³/mol. The van der Waals surface area contributed by atoms with Gasteiger partial charge in [0.2, 0.25) is 0 Å². The SMILES string of the molecule is O[C@@H]1CN(c2nc3ccc(Cl)cc3s2)C[C@H]1Cc1ccccn1. The minimum atomic E-state index is -0.354. The zero-order valence-electron chi connectivity index (χ0n) is 12.4. The third-order valence-electron chi connectivity index (χ3n) is 4.21. The summed E-state index contributed by atoms with van der Waals surface area (Å²) < 4.78 is 1.08. The Kier molecular flexibility index (Phi) is 3.93. The smallest absolute Gasteiger partial charge is 0.186 e. The first-order valence-electron chi connectivity index (χ1n) is 7.58. The van der Waals surface area contributed by atoms with Gasteiger partial charge in [-0.2, -0.15) is 0 Å². The zero-order chi connectivity index (χ0) is 15.8. The van der Waals surface area contributed by atoms with Crippen molar-refractivity contribution in [3.05, 3.63) is 53.3 Å². The fourth-order valence-electron chi connectivity index (χ4n) is 3.02. The lowest BCUT2D eigenvalue weighted by atomic mass is 10.00. The van der Waals surface area contributed by atoms with E-state index in [2.05, 4.69) is 14.9 Å². The fraction of sp³-hybridized carbons (Fsp3) is 0.294. The number of aromatic nitrogens is 2. The summed E-state index contributed by atoms with van der Waals surface area (Å²) in [6.07, 6.45) is 2.23. The van der Waals surface area contributed by atoms with Crippen molar-refractivity contribution in [2.75, 3.05) is 18.0 Å². The van der Waals surface area contributed by atoms with E-state index in [-0.39, 0.29) is 12.0 Å². The Labute approximate surface area is 143 Å². The molecular weight excluding hydrogens is 330 g/mol. The highest BCUT2D eigenvalue weighted by Crippen LogP contribution is 2.34. The Hall–Kier alpha value is -1.69. The molecule has 3 heterocycles. The summed E-state index contributed by atoms with van der Waals surface area (Å²) >= 11 is 7.67. The molecule has 4 rings (SSSR count). The number of anilines is 1. The fourth-order valence-corrected chi connectivity index (χ4v) is 4.28. The molecule has 1 saturated heterocycles. The molecule has 0 aliphatic carbocycles. The Bertz CT molecular complexity index is 823. The van der Waals surface area contributed by atoms with Crippen molar-refractivity contribution in [1.29, 1.82) is 0 Å². The van der Waals surface area contributed by atoms with Crippen molar-refractivity contribution in [3.63, 3.8) is 0 Å². The third-order valence-corrected chi connectivity index (χ3v) is 5.53. The molecule has 2 aromatic heterocycles. The maximum absolute atomic E-state index is 10.4. The van der Waals surface area contributed by atoms with Crippen LogP contribution in [0.4, 0.5) is 5.13 Å². The molecule has 0 unspecified atom stereocenters. The van der Waals surface area contributed by atoms with Crippen LogP contribution in [0.5, 0.6) is 0 Å². The van der Waals surface area contributed by atoms with Crippen LogP contribution < -0.4 is 4.90 Å². The molecule has 1 aliphatic heterocycles. The van der Waals surface area contributed by atoms with Crippen LogP contribution in [0.25, 0.3) is 10.2 Å². The van der Waals surface area contributed by atoms with Crippen molar-refractivity contribution in [3.8, 4) is 0 Å². The quantitative estimate of drug-likeness (QED) is 0.790. The van der Waals surface area contributed by atoms with Gasteiger partial charge >= 0.3 is 0 Å². The molecule has 1 fully saturated rings. The van der Waals surface area contributed by atoms with E-state index in [0.29, 0.717) is 6.54 Å². The maximum atomic E-state index is 10.4. The Morgan fingerprint density at radius 1 is 1.26 bits per heavy atom. The van der Waals surface area contributed by atoms with Crippen LogP contribution >= 0.6 is 22.9 Å². The number of nitrogens with zero attached hydrogens (tertiary/aromatic N) is 3. The van der Waals surface area contributed by atoms with Gasteiger partial charge in [0.05, 0.1) is 16.3 Å². The molecular formula is C17H16ClN3OS. The standard InChI is InChI=1S/C17H16ClN3OS/c18-12-4-5-14-16(8-12)23-17(20-14)21-9-11(15(22)10-21)7-13-3-1-2-6-19-13/h1-6,8,11,15,22H,7,9-10H2/t11-,15-/m1/s1. The molecule has 3 aromatic rings. The van der Waals surface area contributed by atoms with Crippen LogP contribution in [0.3, 0.4) is 0 Å². The van der Waals surface area contributed by atoms with Gasteiger partial charge in [0.25, 0.3) is 0 Å². The summed E-state index contributed by atoms with van der Waals surface area (Å²) in [7, 11) is 0. The third kappa shape index (κ3) is 3.04. The molecule has 23 heavy (non-hydrogen) atoms. The first-order chi connectivity index (χ1) is 11.2. The normalized spacial score (nSPS) is 21.2. The second-order valence-electron chi connectivity index (χ2n) is 5.87. The molecule has 1 aromatic carbocycles. The average Bonchev–Trinajstić information content (AvgIpc) is 3.12. The van der Waals surface area contributed by atoms with E-state index in [1.165, 1.54) is 0 Å². The topological polar surface area (TPSA) is 49.2 Å². The molecule has 0 spiro atoms. The van der Waals surface area contributed by atoms with Gasteiger partial charge in [-0.3, -0.25) is 4.98 Å². The number of hydrogen-bond donors (Lipinski definition) is 1. The molecule has 0 amide bonds. The lowest BCUT2D eigenvalue weighted by Gasteiger charge is -2.14. The number of hydrogen-bond acceptors (Lipinski definition) is 5. The highest BCUT2D eigenvalue weighted by Gasteiger charge is 2.33. The van der Waals surface area contributed by atoms with Gasteiger partial charge in [0.1, 0.15) is 0 Å². The summed E-state index contributed by atoms with van der Waals surface area (Å²) in [5, 5.41) is 12.1. The Morgan fingerprint density at radius 3 is 3.00 bits per heavy atom. The minimum absolute atomic E-state index is 0.181. The number of thiazole rings is 1. The number of halogens is 1. The van der Waals surface area contributed by atoms with Crippen LogP contribution in [0.1, 0.15) is 5.69 Å². The predicted octanol–water partition coefficient (Wildman–Crippen LogP) is 3.38. The summed E-state index contributed by atoms with van der Waals surface area (Å²) in [5.41, 5.74) is 1.98. The second-order valence-corrected chi connectivity index (χ2v) is 7.31. The largest absolute Gasteiger partial charge is 0.391 e. The number of β-amino-alcohol motifs (C(OH)–C–C–N with tert-alkyl or cyclic N) is 1. The van der Waals surface area contributed by atoms with Crippen LogP contribution in [-0.4, -0.2) is 34.3 Å². The average molecular weight is 346 g/mol. The van der Waals surface area contributed by atoms with Crippen LogP contribution in [0.15, 0.2) is 42.6 Å². The number of aliphatic hydroxyl groups excluding tert-OH is 1. The highest BCUT2D eigenvalue weighted by atomic mass is 35.5. The number of aliphatic hydroxyl groups is 1. The molecule has 1 N–H and O–H groups in total. The molecule has 0 saturated carbocycles. The van der Waals surface area contributed by atoms with Gasteiger partial charge in [-0.25, -0.2) is 4.98 Å². The van der Waals surface area contributed by atoms with Crippen molar-refractivity contribution >= 4 is 38.3 Å². The second kappa shape index (κ2) is 6.07. The van der Waals surface area contributed by atoms with Crippen molar-refractivity contribution in [1.82, 2.24) is 9.97 Å². The summed E-state index contributed by atoms with van der Waals surface area (Å²) in [6, 6.07) is 11.6. The number of fused-ring (bicyclic) bond motifs is 1. The van der Waals surface area contributed by atoms with E-state index in [4.69, 9.17) is 11.6 Å². The molecule has 6 heteroatoms. The number of benzene rings is 1. The maximum Gasteiger partial charge on any atom is 0.186 e. The molecule has 4 nitrogen and oxygen atoms in total. The van der Waals surface area contributed by atoms with E-state index >= 15 is 0 Å². The Balaban J connectivity index is 1.53. The van der Waals surface area contributed by atoms with Gasteiger partial charge in [-0.15, -0.1) is 0 Å². The van der Waals surface area contributed by atoms with Gasteiger partial charge < -0.3 is 10.0 Å². The van der Waals surface area contributed by atoms with E-state index in [1.54, 1.807) is 17.5 Å². The summed E-state index contributed by atoms with van der Waals surface area (Å²) in [4.78, 5) is 11.2. The molecule has 2 atom stereocenters. The first-order valence-corrected chi connectivity index (χ1v) is 8.77. The van der Waals surface area contributed by atoms with Gasteiger partial charge in [0.15, 0.2) is 5.13 Å². The lowest BCUT2D eigenvalue weighted by molar-refractivity contribution is 0.148. The summed E-state index contributed by atoms with van der Waals surface area (Å²) in [6.45, 7) is 1.41. The zero-order valence-corrected chi connectivity index (χ0v) is 14.0. The molecule has 1 aliphatic rings. The van der Waals surface area contributed by atoms with Crippen LogP contribution in [0.2, 0.25) is 5.02 Å². The van der Waals surface area contributed by atoms with E-state index in [9.17, 15) is 5.11 Å². The van der Waals surface area contributed by atoms with Gasteiger partial charge in [0, 0.05) is 35.9 Å². The van der Waals surface area contributed by atoms with Crippen molar-refractivity contribution in [2.24, 2.45) is 5.92 Å². The van der Waals surface area contributed by atoms with Gasteiger partial charge in [-0.05, 0) is 36.8 Å². The van der Waals surface area contributed by atoms with Crippen molar-refractivity contribution < 1.29 is 5.11 Å². The summed E-state index contributed by atoms with van der Waals surface area (Å²) in [5.74, 6) is 0.181. The minimum Gasteiger partial charge on any atom is -0.391 e. The Morgan fingerprint density at radius 2 is 2.17 bits per heavy atom. The first kappa shape index (κ1) is 14.9. The lowest BCUT2D eigenvalue weighted by Crippen LogP contribution is -2.20. The number of pyridine rings is 1. The van der Waals surface area contributed by atoms with Crippen LogP contribution in [-0.2, 0) is 6.42 Å².